The standard InChI is InChI=1S/C22H18O/c1-13(23)14-10-11-19-20(12-14)22-17-8-4-2-6-15(17)21(19)16-7-3-5-9-18(16)22/h2-13,21-23H,1H3/t13-,21?,22?/m1/s1. The molecule has 0 aromatic heterocycles. The predicted octanol–water partition coefficient (Wildman–Crippen LogP) is 4.73. The molecule has 0 heterocycles. The van der Waals surface area contributed by atoms with Crippen molar-refractivity contribution < 1.29 is 5.11 Å². The van der Waals surface area contributed by atoms with Gasteiger partial charge in [-0.1, -0.05) is 66.7 Å². The van der Waals surface area contributed by atoms with Crippen LogP contribution in [0.15, 0.2) is 66.7 Å². The van der Waals surface area contributed by atoms with Crippen LogP contribution in [0.4, 0.5) is 0 Å². The number of aliphatic hydroxyl groups excluding tert-OH is 1. The Kier molecular flexibility index (Phi) is 2.60. The predicted molar refractivity (Wildman–Crippen MR) is 91.8 cm³/mol. The van der Waals surface area contributed by atoms with Gasteiger partial charge in [0.25, 0.3) is 0 Å². The van der Waals surface area contributed by atoms with Gasteiger partial charge in [0.05, 0.1) is 6.10 Å². The third-order valence-electron chi connectivity index (χ3n) is 5.45. The minimum atomic E-state index is -0.425. The van der Waals surface area contributed by atoms with Crippen molar-refractivity contribution in [3.8, 4) is 0 Å². The molecule has 3 aromatic carbocycles. The van der Waals surface area contributed by atoms with Gasteiger partial charge >= 0.3 is 0 Å². The molecule has 1 atom stereocenters. The average molecular weight is 298 g/mol. The lowest BCUT2D eigenvalue weighted by atomic mass is 9.61. The Hall–Kier alpha value is -2.38. The number of hydrogen-bond donors (Lipinski definition) is 1. The molecule has 0 saturated carbocycles. The van der Waals surface area contributed by atoms with Gasteiger partial charge in [-0.3, -0.25) is 0 Å². The van der Waals surface area contributed by atoms with Gasteiger partial charge in [-0.25, -0.2) is 0 Å². The molecule has 1 N–H and O–H groups in total. The zero-order chi connectivity index (χ0) is 15.6. The van der Waals surface area contributed by atoms with Crippen LogP contribution in [0.2, 0.25) is 0 Å². The fourth-order valence-electron chi connectivity index (χ4n) is 4.44. The summed E-state index contributed by atoms with van der Waals surface area (Å²) in [6.07, 6.45) is -0.425. The van der Waals surface area contributed by atoms with Gasteiger partial charge in [0, 0.05) is 11.8 Å². The lowest BCUT2D eigenvalue weighted by Crippen LogP contribution is -2.27. The highest BCUT2D eigenvalue weighted by atomic mass is 16.3. The van der Waals surface area contributed by atoms with Crippen LogP contribution >= 0.6 is 0 Å². The van der Waals surface area contributed by atoms with E-state index in [2.05, 4.69) is 66.7 Å². The molecular weight excluding hydrogens is 280 g/mol. The molecule has 23 heavy (non-hydrogen) atoms. The Bertz CT molecular complexity index is 875. The number of hydrogen-bond acceptors (Lipinski definition) is 1. The lowest BCUT2D eigenvalue weighted by Gasteiger charge is -2.42. The summed E-state index contributed by atoms with van der Waals surface area (Å²) in [5.74, 6) is 0.617. The fraction of sp³-hybridized carbons (Fsp3) is 0.182. The minimum Gasteiger partial charge on any atom is -0.389 e. The van der Waals surface area contributed by atoms with E-state index in [0.717, 1.165) is 5.56 Å². The summed E-state index contributed by atoms with van der Waals surface area (Å²) in [5.41, 5.74) is 9.49. The largest absolute Gasteiger partial charge is 0.389 e. The Morgan fingerprint density at radius 2 is 1.09 bits per heavy atom. The highest BCUT2D eigenvalue weighted by molar-refractivity contribution is 5.68. The van der Waals surface area contributed by atoms with E-state index in [1.807, 2.05) is 6.92 Å². The Labute approximate surface area is 136 Å². The van der Waals surface area contributed by atoms with Crippen molar-refractivity contribution >= 4 is 0 Å². The van der Waals surface area contributed by atoms with Crippen LogP contribution in [0.3, 0.4) is 0 Å². The minimum absolute atomic E-state index is 0.293. The van der Waals surface area contributed by atoms with Gasteiger partial charge in [-0.05, 0) is 45.9 Å². The van der Waals surface area contributed by atoms with Crippen molar-refractivity contribution in [1.82, 2.24) is 0 Å². The van der Waals surface area contributed by atoms with Gasteiger partial charge in [-0.15, -0.1) is 0 Å². The van der Waals surface area contributed by atoms with E-state index in [0.29, 0.717) is 11.8 Å². The van der Waals surface area contributed by atoms with Gasteiger partial charge in [0.1, 0.15) is 0 Å². The quantitative estimate of drug-likeness (QED) is 0.474. The fourth-order valence-corrected chi connectivity index (χ4v) is 4.44. The van der Waals surface area contributed by atoms with Crippen LogP contribution in [-0.2, 0) is 0 Å². The summed E-state index contributed by atoms with van der Waals surface area (Å²) in [4.78, 5) is 0. The van der Waals surface area contributed by atoms with E-state index in [1.165, 1.54) is 33.4 Å². The molecular formula is C22H18O. The number of rotatable bonds is 1. The van der Waals surface area contributed by atoms with Crippen LogP contribution in [0.5, 0.6) is 0 Å². The summed E-state index contributed by atoms with van der Waals surface area (Å²) in [6.45, 7) is 1.84. The maximum absolute atomic E-state index is 9.99. The maximum atomic E-state index is 9.99. The molecule has 2 bridgehead atoms. The summed E-state index contributed by atoms with van der Waals surface area (Å²) in [6, 6.07) is 24.2. The van der Waals surface area contributed by atoms with E-state index in [-0.39, 0.29) is 0 Å². The molecule has 0 unspecified atom stereocenters. The lowest BCUT2D eigenvalue weighted by molar-refractivity contribution is 0.199. The first kappa shape index (κ1) is 13.1. The van der Waals surface area contributed by atoms with Gasteiger partial charge in [0.2, 0.25) is 0 Å². The van der Waals surface area contributed by atoms with Crippen LogP contribution in [0.1, 0.15) is 63.8 Å². The topological polar surface area (TPSA) is 20.2 Å². The van der Waals surface area contributed by atoms with Crippen LogP contribution in [-0.4, -0.2) is 5.11 Å². The highest BCUT2D eigenvalue weighted by Crippen LogP contribution is 2.55. The zero-order valence-corrected chi connectivity index (χ0v) is 13.0. The molecule has 0 spiro atoms. The number of aliphatic hydroxyl groups is 1. The maximum Gasteiger partial charge on any atom is 0.0762 e. The molecule has 0 fully saturated rings. The van der Waals surface area contributed by atoms with Crippen molar-refractivity contribution in [2.24, 2.45) is 0 Å². The van der Waals surface area contributed by atoms with Crippen molar-refractivity contribution in [1.29, 1.82) is 0 Å². The molecule has 6 rings (SSSR count). The third kappa shape index (κ3) is 1.66. The second-order valence-electron chi connectivity index (χ2n) is 6.69. The third-order valence-corrected chi connectivity index (χ3v) is 5.45. The molecule has 0 amide bonds. The van der Waals surface area contributed by atoms with Crippen LogP contribution < -0.4 is 0 Å². The van der Waals surface area contributed by atoms with Gasteiger partial charge in [0.15, 0.2) is 0 Å². The molecule has 112 valence electrons. The first-order valence-corrected chi connectivity index (χ1v) is 8.25. The molecule has 0 aliphatic heterocycles. The van der Waals surface area contributed by atoms with E-state index in [4.69, 9.17) is 0 Å². The summed E-state index contributed by atoms with van der Waals surface area (Å²) >= 11 is 0. The molecule has 3 aromatic rings. The summed E-state index contributed by atoms with van der Waals surface area (Å²) < 4.78 is 0. The van der Waals surface area contributed by atoms with Crippen molar-refractivity contribution in [3.05, 3.63) is 106 Å². The number of benzene rings is 3. The Morgan fingerprint density at radius 1 is 0.652 bits per heavy atom. The van der Waals surface area contributed by atoms with E-state index in [9.17, 15) is 5.11 Å². The molecule has 3 aliphatic rings. The molecule has 0 radical (unpaired) electrons. The van der Waals surface area contributed by atoms with E-state index >= 15 is 0 Å². The summed E-state index contributed by atoms with van der Waals surface area (Å²) in [7, 11) is 0. The first-order chi connectivity index (χ1) is 11.3. The monoisotopic (exact) mass is 298 g/mol. The molecule has 0 saturated heterocycles. The average Bonchev–Trinajstić information content (AvgIpc) is 2.60. The second kappa shape index (κ2) is 4.56. The zero-order valence-electron chi connectivity index (χ0n) is 13.0. The molecule has 3 aliphatic carbocycles. The van der Waals surface area contributed by atoms with E-state index in [1.54, 1.807) is 0 Å². The highest BCUT2D eigenvalue weighted by Gasteiger charge is 2.40. The SMILES string of the molecule is C[C@@H](O)c1ccc2c(c1)C1c3ccccc3C2c2ccccc21. The normalized spacial score (nSPS) is 21.3. The summed E-state index contributed by atoms with van der Waals surface area (Å²) in [5, 5.41) is 9.99. The van der Waals surface area contributed by atoms with Crippen molar-refractivity contribution in [2.75, 3.05) is 0 Å². The van der Waals surface area contributed by atoms with Crippen molar-refractivity contribution in [2.45, 2.75) is 24.9 Å². The first-order valence-electron chi connectivity index (χ1n) is 8.25. The Morgan fingerprint density at radius 3 is 1.57 bits per heavy atom. The van der Waals surface area contributed by atoms with Crippen LogP contribution in [0.25, 0.3) is 0 Å². The smallest absolute Gasteiger partial charge is 0.0762 e. The second-order valence-corrected chi connectivity index (χ2v) is 6.69. The molecule has 1 heteroatoms. The van der Waals surface area contributed by atoms with Gasteiger partial charge < -0.3 is 5.11 Å². The van der Waals surface area contributed by atoms with Crippen molar-refractivity contribution in [3.63, 3.8) is 0 Å². The Balaban J connectivity index is 1.84. The van der Waals surface area contributed by atoms with Gasteiger partial charge in [-0.2, -0.15) is 0 Å². The van der Waals surface area contributed by atoms with Crippen LogP contribution in [0, 0.1) is 0 Å². The molecule has 1 nitrogen and oxygen atoms in total. The van der Waals surface area contributed by atoms with E-state index < -0.39 is 6.10 Å².